The summed E-state index contributed by atoms with van der Waals surface area (Å²) in [5.41, 5.74) is -0.333. The largest absolute Gasteiger partial charge is 0.496 e. The van der Waals surface area contributed by atoms with Gasteiger partial charge >= 0.3 is 0 Å². The number of rotatable bonds is 7. The van der Waals surface area contributed by atoms with Crippen molar-refractivity contribution >= 4 is 21.8 Å². The molecule has 0 aromatic heterocycles. The van der Waals surface area contributed by atoms with Crippen molar-refractivity contribution in [1.29, 1.82) is 0 Å². The van der Waals surface area contributed by atoms with Gasteiger partial charge in [0.2, 0.25) is 10.0 Å². The van der Waals surface area contributed by atoms with E-state index in [9.17, 15) is 13.5 Å². The van der Waals surface area contributed by atoms with Crippen molar-refractivity contribution in [2.45, 2.75) is 24.3 Å². The van der Waals surface area contributed by atoms with Crippen LogP contribution in [0, 0.1) is 6.92 Å². The van der Waals surface area contributed by atoms with Crippen LogP contribution >= 0.6 is 11.8 Å². The molecule has 0 aliphatic rings. The minimum absolute atomic E-state index is 0.0265. The van der Waals surface area contributed by atoms with Gasteiger partial charge in [0.25, 0.3) is 0 Å². The van der Waals surface area contributed by atoms with Crippen LogP contribution in [-0.4, -0.2) is 44.8 Å². The zero-order chi connectivity index (χ0) is 15.4. The van der Waals surface area contributed by atoms with Gasteiger partial charge < -0.3 is 9.84 Å². The van der Waals surface area contributed by atoms with Crippen LogP contribution in [0.25, 0.3) is 0 Å². The minimum Gasteiger partial charge on any atom is -0.496 e. The van der Waals surface area contributed by atoms with E-state index in [1.807, 2.05) is 6.26 Å². The predicted octanol–water partition coefficient (Wildman–Crippen LogP) is 1.40. The van der Waals surface area contributed by atoms with E-state index in [2.05, 4.69) is 4.72 Å². The van der Waals surface area contributed by atoms with E-state index >= 15 is 0 Å². The van der Waals surface area contributed by atoms with E-state index in [0.717, 1.165) is 5.56 Å². The number of sulfonamides is 1. The first-order valence-electron chi connectivity index (χ1n) is 6.07. The molecule has 0 bridgehead atoms. The zero-order valence-corrected chi connectivity index (χ0v) is 13.8. The van der Waals surface area contributed by atoms with Gasteiger partial charge in [-0.1, -0.05) is 0 Å². The standard InChI is InChI=1S/C13H21NO4S2/c1-10-7-11(5-6-12(10)18-3)20(16,17)14-8-13(2,15)9-19-4/h5-7,14-15H,8-9H2,1-4H3. The highest BCUT2D eigenvalue weighted by Gasteiger charge is 2.24. The summed E-state index contributed by atoms with van der Waals surface area (Å²) in [5.74, 6) is 1.09. The van der Waals surface area contributed by atoms with Crippen LogP contribution in [0.3, 0.4) is 0 Å². The first-order chi connectivity index (χ1) is 9.22. The van der Waals surface area contributed by atoms with Crippen molar-refractivity contribution in [3.8, 4) is 5.75 Å². The normalized spacial score (nSPS) is 14.8. The van der Waals surface area contributed by atoms with Gasteiger partial charge in [-0.3, -0.25) is 0 Å². The number of benzene rings is 1. The summed E-state index contributed by atoms with van der Waals surface area (Å²) < 4.78 is 31.9. The SMILES string of the molecule is COc1ccc(S(=O)(=O)NCC(C)(O)CSC)cc1C. The molecule has 1 unspecified atom stereocenters. The molecule has 2 N–H and O–H groups in total. The van der Waals surface area contributed by atoms with Gasteiger partial charge in [0.05, 0.1) is 17.6 Å². The van der Waals surface area contributed by atoms with Crippen molar-refractivity contribution in [1.82, 2.24) is 4.72 Å². The lowest BCUT2D eigenvalue weighted by molar-refractivity contribution is 0.0908. The second-order valence-electron chi connectivity index (χ2n) is 4.89. The van der Waals surface area contributed by atoms with Crippen LogP contribution < -0.4 is 9.46 Å². The topological polar surface area (TPSA) is 75.6 Å². The summed E-state index contributed by atoms with van der Waals surface area (Å²) in [5, 5.41) is 9.99. The predicted molar refractivity (Wildman–Crippen MR) is 81.9 cm³/mol. The van der Waals surface area contributed by atoms with Crippen LogP contribution in [0.15, 0.2) is 23.1 Å². The summed E-state index contributed by atoms with van der Waals surface area (Å²) in [4.78, 5) is 0.163. The van der Waals surface area contributed by atoms with Gasteiger partial charge in [0.15, 0.2) is 0 Å². The molecule has 0 aliphatic carbocycles. The van der Waals surface area contributed by atoms with Crippen LogP contribution in [0.4, 0.5) is 0 Å². The molecule has 7 heteroatoms. The van der Waals surface area contributed by atoms with E-state index < -0.39 is 15.6 Å². The summed E-state index contributed by atoms with van der Waals surface area (Å²) in [6.07, 6.45) is 1.86. The number of aryl methyl sites for hydroxylation is 1. The highest BCUT2D eigenvalue weighted by Crippen LogP contribution is 2.21. The Hall–Kier alpha value is -0.760. The number of hydrogen-bond acceptors (Lipinski definition) is 5. The maximum atomic E-state index is 12.2. The van der Waals surface area contributed by atoms with Crippen molar-refractivity contribution in [2.75, 3.05) is 25.7 Å². The Morgan fingerprint density at radius 3 is 2.60 bits per heavy atom. The fourth-order valence-corrected chi connectivity index (χ4v) is 3.68. The highest BCUT2D eigenvalue weighted by molar-refractivity contribution is 7.98. The Labute approximate surface area is 124 Å². The molecule has 114 valence electrons. The van der Waals surface area contributed by atoms with E-state index in [1.165, 1.54) is 24.9 Å². The Bertz CT molecular complexity index is 555. The monoisotopic (exact) mass is 319 g/mol. The molecular formula is C13H21NO4S2. The Morgan fingerprint density at radius 2 is 2.10 bits per heavy atom. The molecule has 20 heavy (non-hydrogen) atoms. The first kappa shape index (κ1) is 17.3. The van der Waals surface area contributed by atoms with Crippen LogP contribution in [-0.2, 0) is 10.0 Å². The van der Waals surface area contributed by atoms with Crippen LogP contribution in [0.5, 0.6) is 5.75 Å². The molecule has 0 saturated heterocycles. The summed E-state index contributed by atoms with van der Waals surface area (Å²) >= 11 is 1.46. The Balaban J connectivity index is 2.87. The number of ether oxygens (including phenoxy) is 1. The molecule has 0 amide bonds. The van der Waals surface area contributed by atoms with Gasteiger partial charge in [-0.2, -0.15) is 11.8 Å². The maximum Gasteiger partial charge on any atom is 0.240 e. The van der Waals surface area contributed by atoms with Crippen LogP contribution in [0.2, 0.25) is 0 Å². The number of nitrogens with one attached hydrogen (secondary N) is 1. The molecule has 0 radical (unpaired) electrons. The lowest BCUT2D eigenvalue weighted by Crippen LogP contribution is -2.42. The Kier molecular flexibility index (Phi) is 5.88. The average Bonchev–Trinajstić information content (AvgIpc) is 2.36. The molecule has 1 aromatic carbocycles. The molecule has 0 aliphatic heterocycles. The molecule has 1 atom stereocenters. The van der Waals surface area contributed by atoms with Crippen molar-refractivity contribution in [3.63, 3.8) is 0 Å². The third kappa shape index (κ3) is 4.66. The van der Waals surface area contributed by atoms with Gasteiger partial charge in [-0.25, -0.2) is 13.1 Å². The summed E-state index contributed by atoms with van der Waals surface area (Å²) in [6, 6.07) is 4.64. The summed E-state index contributed by atoms with van der Waals surface area (Å²) in [6.45, 7) is 3.36. The molecule has 0 heterocycles. The number of aliphatic hydroxyl groups is 1. The van der Waals surface area contributed by atoms with Gasteiger partial charge in [-0.05, 0) is 43.9 Å². The first-order valence-corrected chi connectivity index (χ1v) is 8.95. The van der Waals surface area contributed by atoms with E-state index in [-0.39, 0.29) is 11.4 Å². The van der Waals surface area contributed by atoms with E-state index in [0.29, 0.717) is 11.5 Å². The van der Waals surface area contributed by atoms with Crippen molar-refractivity contribution < 1.29 is 18.3 Å². The van der Waals surface area contributed by atoms with Crippen molar-refractivity contribution in [3.05, 3.63) is 23.8 Å². The van der Waals surface area contributed by atoms with Crippen LogP contribution in [0.1, 0.15) is 12.5 Å². The molecule has 0 fully saturated rings. The lowest BCUT2D eigenvalue weighted by Gasteiger charge is -2.22. The van der Waals surface area contributed by atoms with Gasteiger partial charge in [0, 0.05) is 12.3 Å². The fraction of sp³-hybridized carbons (Fsp3) is 0.538. The third-order valence-electron chi connectivity index (χ3n) is 2.77. The van der Waals surface area contributed by atoms with Crippen molar-refractivity contribution in [2.24, 2.45) is 0 Å². The molecule has 1 rings (SSSR count). The molecule has 5 nitrogen and oxygen atoms in total. The fourth-order valence-electron chi connectivity index (χ4n) is 1.71. The van der Waals surface area contributed by atoms with E-state index in [1.54, 1.807) is 26.0 Å². The average molecular weight is 319 g/mol. The highest BCUT2D eigenvalue weighted by atomic mass is 32.2. The second kappa shape index (κ2) is 6.80. The number of thioether (sulfide) groups is 1. The third-order valence-corrected chi connectivity index (χ3v) is 5.08. The zero-order valence-electron chi connectivity index (χ0n) is 12.1. The molecule has 0 saturated carbocycles. The van der Waals surface area contributed by atoms with E-state index in [4.69, 9.17) is 4.74 Å². The summed E-state index contributed by atoms with van der Waals surface area (Å²) in [7, 11) is -2.10. The second-order valence-corrected chi connectivity index (χ2v) is 7.52. The smallest absolute Gasteiger partial charge is 0.240 e. The Morgan fingerprint density at radius 1 is 1.45 bits per heavy atom. The molecular weight excluding hydrogens is 298 g/mol. The lowest BCUT2D eigenvalue weighted by atomic mass is 10.1. The quantitative estimate of drug-likeness (QED) is 0.794. The maximum absolute atomic E-state index is 12.2. The van der Waals surface area contributed by atoms with Gasteiger partial charge in [0.1, 0.15) is 5.75 Å². The van der Waals surface area contributed by atoms with Gasteiger partial charge in [-0.15, -0.1) is 0 Å². The number of hydrogen-bond donors (Lipinski definition) is 2. The molecule has 1 aromatic rings. The molecule has 0 spiro atoms. The number of methoxy groups -OCH3 is 1. The minimum atomic E-state index is -3.63.